The first-order valence-electron chi connectivity index (χ1n) is 8.48. The van der Waals surface area contributed by atoms with Gasteiger partial charge < -0.3 is 24.3 Å². The van der Waals surface area contributed by atoms with Crippen LogP contribution in [0, 0.1) is 0 Å². The third-order valence-corrected chi connectivity index (χ3v) is 3.44. The van der Waals surface area contributed by atoms with Crippen molar-refractivity contribution in [1.82, 2.24) is 0 Å². The molecular formula is C20H23NO6. The molecule has 0 aliphatic heterocycles. The quantitative estimate of drug-likeness (QED) is 0.509. The lowest BCUT2D eigenvalue weighted by Crippen LogP contribution is -2.12. The van der Waals surface area contributed by atoms with Gasteiger partial charge in [0.1, 0.15) is 31.3 Å². The summed E-state index contributed by atoms with van der Waals surface area (Å²) >= 11 is 0. The Morgan fingerprint density at radius 1 is 0.815 bits per heavy atom. The van der Waals surface area contributed by atoms with Gasteiger partial charge in [-0.2, -0.15) is 0 Å². The highest BCUT2D eigenvalue weighted by Crippen LogP contribution is 2.17. The van der Waals surface area contributed by atoms with Crippen LogP contribution < -0.4 is 14.8 Å². The van der Waals surface area contributed by atoms with E-state index < -0.39 is 0 Å². The van der Waals surface area contributed by atoms with Crippen LogP contribution in [0.25, 0.3) is 0 Å². The molecule has 0 bridgehead atoms. The Morgan fingerprint density at radius 3 is 1.93 bits per heavy atom. The summed E-state index contributed by atoms with van der Waals surface area (Å²) in [5.41, 5.74) is 1.17. The van der Waals surface area contributed by atoms with Crippen LogP contribution in [0.2, 0.25) is 0 Å². The predicted octanol–water partition coefficient (Wildman–Crippen LogP) is 2.91. The molecule has 0 saturated carbocycles. The monoisotopic (exact) mass is 373 g/mol. The number of carbonyl (C=O) groups excluding carboxylic acids is 2. The minimum atomic E-state index is -0.341. The van der Waals surface area contributed by atoms with Crippen LogP contribution in [0.3, 0.4) is 0 Å². The largest absolute Gasteiger partial charge is 0.491 e. The first-order valence-corrected chi connectivity index (χ1v) is 8.48. The molecule has 0 fully saturated rings. The van der Waals surface area contributed by atoms with Gasteiger partial charge in [-0.15, -0.1) is 0 Å². The van der Waals surface area contributed by atoms with Gasteiger partial charge >= 0.3 is 5.97 Å². The molecule has 1 amide bonds. The van der Waals surface area contributed by atoms with E-state index in [0.29, 0.717) is 36.0 Å². The SMILES string of the molecule is COCCOc1ccc(C(=O)Nc2ccc(OCCOC(C)=O)cc2)cc1. The molecule has 0 radical (unpaired) electrons. The highest BCUT2D eigenvalue weighted by Gasteiger charge is 2.07. The van der Waals surface area contributed by atoms with E-state index in [2.05, 4.69) is 5.32 Å². The van der Waals surface area contributed by atoms with Crippen LogP contribution in [0.15, 0.2) is 48.5 Å². The Labute approximate surface area is 158 Å². The van der Waals surface area contributed by atoms with Gasteiger partial charge in [0, 0.05) is 25.3 Å². The van der Waals surface area contributed by atoms with Gasteiger partial charge in [0.05, 0.1) is 6.61 Å². The minimum Gasteiger partial charge on any atom is -0.491 e. The summed E-state index contributed by atoms with van der Waals surface area (Å²) in [5, 5.41) is 2.81. The van der Waals surface area contributed by atoms with Gasteiger partial charge in [-0.05, 0) is 48.5 Å². The maximum Gasteiger partial charge on any atom is 0.302 e. The van der Waals surface area contributed by atoms with E-state index in [-0.39, 0.29) is 25.1 Å². The molecule has 0 aliphatic rings. The lowest BCUT2D eigenvalue weighted by molar-refractivity contribution is -0.141. The van der Waals surface area contributed by atoms with E-state index >= 15 is 0 Å². The molecule has 0 aromatic heterocycles. The summed E-state index contributed by atoms with van der Waals surface area (Å²) in [7, 11) is 1.61. The zero-order valence-electron chi connectivity index (χ0n) is 15.4. The van der Waals surface area contributed by atoms with Crippen molar-refractivity contribution in [3.63, 3.8) is 0 Å². The average molecular weight is 373 g/mol. The molecule has 0 atom stereocenters. The van der Waals surface area contributed by atoms with Gasteiger partial charge in [0.25, 0.3) is 5.91 Å². The molecule has 0 heterocycles. The number of esters is 1. The van der Waals surface area contributed by atoms with E-state index in [1.54, 1.807) is 55.6 Å². The first-order chi connectivity index (χ1) is 13.1. The van der Waals surface area contributed by atoms with Crippen LogP contribution in [0.4, 0.5) is 5.69 Å². The zero-order chi connectivity index (χ0) is 19.5. The van der Waals surface area contributed by atoms with Gasteiger partial charge in [-0.1, -0.05) is 0 Å². The lowest BCUT2D eigenvalue weighted by atomic mass is 10.2. The van der Waals surface area contributed by atoms with Crippen LogP contribution in [0.5, 0.6) is 11.5 Å². The molecule has 27 heavy (non-hydrogen) atoms. The molecule has 1 N–H and O–H groups in total. The smallest absolute Gasteiger partial charge is 0.302 e. The summed E-state index contributed by atoms with van der Waals surface area (Å²) in [4.78, 5) is 23.0. The van der Waals surface area contributed by atoms with Crippen LogP contribution in [-0.2, 0) is 14.3 Å². The third-order valence-electron chi connectivity index (χ3n) is 3.44. The molecule has 0 unspecified atom stereocenters. The third kappa shape index (κ3) is 7.37. The topological polar surface area (TPSA) is 83.1 Å². The lowest BCUT2D eigenvalue weighted by Gasteiger charge is -2.09. The number of amides is 1. The van der Waals surface area contributed by atoms with Crippen LogP contribution in [0.1, 0.15) is 17.3 Å². The molecule has 2 aromatic rings. The van der Waals surface area contributed by atoms with Crippen LogP contribution in [-0.4, -0.2) is 45.4 Å². The van der Waals surface area contributed by atoms with Crippen molar-refractivity contribution in [1.29, 1.82) is 0 Å². The summed E-state index contributed by atoms with van der Waals surface area (Å²) in [6.07, 6.45) is 0. The number of methoxy groups -OCH3 is 1. The van der Waals surface area contributed by atoms with E-state index in [9.17, 15) is 9.59 Å². The van der Waals surface area contributed by atoms with Crippen molar-refractivity contribution >= 4 is 17.6 Å². The molecule has 2 aromatic carbocycles. The normalized spacial score (nSPS) is 10.1. The maximum atomic E-state index is 12.3. The summed E-state index contributed by atoms with van der Waals surface area (Å²) in [6.45, 7) is 2.77. The van der Waals surface area contributed by atoms with Gasteiger partial charge in [-0.25, -0.2) is 0 Å². The molecule has 2 rings (SSSR count). The van der Waals surface area contributed by atoms with Gasteiger partial charge in [0.2, 0.25) is 0 Å². The maximum absolute atomic E-state index is 12.3. The number of hydrogen-bond acceptors (Lipinski definition) is 6. The number of hydrogen-bond donors (Lipinski definition) is 1. The number of nitrogens with one attached hydrogen (secondary N) is 1. The fourth-order valence-corrected chi connectivity index (χ4v) is 2.13. The average Bonchev–Trinajstić information content (AvgIpc) is 2.67. The Kier molecular flexibility index (Phi) is 8.12. The second-order valence-corrected chi connectivity index (χ2v) is 5.53. The van der Waals surface area contributed by atoms with E-state index in [4.69, 9.17) is 18.9 Å². The van der Waals surface area contributed by atoms with E-state index in [1.165, 1.54) is 6.92 Å². The van der Waals surface area contributed by atoms with Gasteiger partial charge in [-0.3, -0.25) is 9.59 Å². The molecule has 0 aliphatic carbocycles. The standard InChI is InChI=1S/C20H23NO6/c1-15(22)25-13-14-27-19-9-5-17(6-10-19)21-20(23)16-3-7-18(8-4-16)26-12-11-24-2/h3-10H,11-14H2,1-2H3,(H,21,23). The second-order valence-electron chi connectivity index (χ2n) is 5.53. The Hall–Kier alpha value is -3.06. The van der Waals surface area contributed by atoms with Crippen molar-refractivity contribution in [2.75, 3.05) is 38.9 Å². The second kappa shape index (κ2) is 10.8. The van der Waals surface area contributed by atoms with Crippen molar-refractivity contribution in [3.8, 4) is 11.5 Å². The van der Waals surface area contributed by atoms with Crippen molar-refractivity contribution in [3.05, 3.63) is 54.1 Å². The number of ether oxygens (including phenoxy) is 4. The highest BCUT2D eigenvalue weighted by atomic mass is 16.6. The molecular weight excluding hydrogens is 350 g/mol. The summed E-state index contributed by atoms with van der Waals surface area (Å²) < 4.78 is 20.6. The Bertz CT molecular complexity index is 727. The molecule has 0 spiro atoms. The van der Waals surface area contributed by atoms with Crippen molar-refractivity contribution < 1.29 is 28.5 Å². The number of carbonyl (C=O) groups is 2. The Balaban J connectivity index is 1.81. The first kappa shape index (κ1) is 20.3. The number of anilines is 1. The molecule has 7 heteroatoms. The number of benzene rings is 2. The zero-order valence-corrected chi connectivity index (χ0v) is 15.4. The highest BCUT2D eigenvalue weighted by molar-refractivity contribution is 6.04. The van der Waals surface area contributed by atoms with Crippen LogP contribution >= 0.6 is 0 Å². The van der Waals surface area contributed by atoms with E-state index in [1.807, 2.05) is 0 Å². The van der Waals surface area contributed by atoms with E-state index in [0.717, 1.165) is 0 Å². The van der Waals surface area contributed by atoms with Gasteiger partial charge in [0.15, 0.2) is 0 Å². The summed E-state index contributed by atoms with van der Waals surface area (Å²) in [5.74, 6) is 0.741. The molecule has 7 nitrogen and oxygen atoms in total. The van der Waals surface area contributed by atoms with Crippen molar-refractivity contribution in [2.24, 2.45) is 0 Å². The molecule has 144 valence electrons. The number of rotatable bonds is 10. The minimum absolute atomic E-state index is 0.193. The summed E-state index contributed by atoms with van der Waals surface area (Å²) in [6, 6.07) is 13.8. The predicted molar refractivity (Wildman–Crippen MR) is 100 cm³/mol. The Morgan fingerprint density at radius 2 is 1.37 bits per heavy atom. The fourth-order valence-electron chi connectivity index (χ4n) is 2.13. The van der Waals surface area contributed by atoms with Crippen molar-refractivity contribution in [2.45, 2.75) is 6.92 Å². The fraction of sp³-hybridized carbons (Fsp3) is 0.300. The molecule has 0 saturated heterocycles.